The molecular weight excluding hydrogens is 280 g/mol. The Morgan fingerprint density at radius 1 is 1.32 bits per heavy atom. The van der Waals surface area contributed by atoms with Crippen LogP contribution in [-0.4, -0.2) is 24.0 Å². The highest BCUT2D eigenvalue weighted by atomic mass is 16.6. The molecule has 0 aliphatic heterocycles. The van der Waals surface area contributed by atoms with Crippen LogP contribution in [0.2, 0.25) is 0 Å². The van der Waals surface area contributed by atoms with Gasteiger partial charge in [-0.25, -0.2) is 4.79 Å². The molecule has 0 radical (unpaired) electrons. The highest BCUT2D eigenvalue weighted by Crippen LogP contribution is 2.14. The largest absolute Gasteiger partial charge is 0.444 e. The summed E-state index contributed by atoms with van der Waals surface area (Å²) in [4.78, 5) is 22.8. The number of ketones is 1. The first kappa shape index (κ1) is 17.6. The number of hydrogen-bond acceptors (Lipinski definition) is 4. The SMILES string of the molecule is CC(=O)c1cc(C#CCCNC(=O)OC(C)(C)C)ccc1N. The predicted molar refractivity (Wildman–Crippen MR) is 86.6 cm³/mol. The van der Waals surface area contributed by atoms with E-state index in [2.05, 4.69) is 17.2 Å². The highest BCUT2D eigenvalue weighted by Gasteiger charge is 2.15. The number of anilines is 1. The van der Waals surface area contributed by atoms with Crippen LogP contribution in [0.1, 0.15) is 50.0 Å². The van der Waals surface area contributed by atoms with Crippen LogP contribution in [0.3, 0.4) is 0 Å². The van der Waals surface area contributed by atoms with Crippen molar-refractivity contribution in [3.05, 3.63) is 29.3 Å². The third-order valence-electron chi connectivity index (χ3n) is 2.58. The van der Waals surface area contributed by atoms with Crippen LogP contribution in [0, 0.1) is 11.8 Å². The van der Waals surface area contributed by atoms with E-state index in [4.69, 9.17) is 10.5 Å². The first-order valence-electron chi connectivity index (χ1n) is 7.05. The van der Waals surface area contributed by atoms with E-state index in [1.807, 2.05) is 0 Å². The fourth-order valence-corrected chi connectivity index (χ4v) is 1.64. The fraction of sp³-hybridized carbons (Fsp3) is 0.412. The van der Waals surface area contributed by atoms with Crippen molar-refractivity contribution in [3.8, 4) is 11.8 Å². The number of ether oxygens (including phenoxy) is 1. The molecule has 0 saturated heterocycles. The fourth-order valence-electron chi connectivity index (χ4n) is 1.64. The average molecular weight is 302 g/mol. The highest BCUT2D eigenvalue weighted by molar-refractivity contribution is 5.99. The molecule has 3 N–H and O–H groups in total. The summed E-state index contributed by atoms with van der Waals surface area (Å²) < 4.78 is 5.11. The Morgan fingerprint density at radius 3 is 2.59 bits per heavy atom. The number of rotatable bonds is 3. The minimum Gasteiger partial charge on any atom is -0.444 e. The van der Waals surface area contributed by atoms with E-state index in [-0.39, 0.29) is 5.78 Å². The Kier molecular flexibility index (Phi) is 6.00. The zero-order valence-electron chi connectivity index (χ0n) is 13.4. The number of Topliss-reactive ketones (excluding diaryl/α,β-unsaturated/α-hetero) is 1. The molecule has 1 amide bonds. The monoisotopic (exact) mass is 302 g/mol. The molecule has 118 valence electrons. The number of benzene rings is 1. The molecule has 1 aromatic carbocycles. The van der Waals surface area contributed by atoms with Gasteiger partial charge in [0.1, 0.15) is 5.60 Å². The lowest BCUT2D eigenvalue weighted by molar-refractivity contribution is 0.0529. The van der Waals surface area contributed by atoms with E-state index in [9.17, 15) is 9.59 Å². The topological polar surface area (TPSA) is 81.4 Å². The van der Waals surface area contributed by atoms with E-state index in [0.717, 1.165) is 5.56 Å². The van der Waals surface area contributed by atoms with Crippen LogP contribution >= 0.6 is 0 Å². The van der Waals surface area contributed by atoms with Gasteiger partial charge in [-0.05, 0) is 45.9 Å². The van der Waals surface area contributed by atoms with Gasteiger partial charge in [-0.2, -0.15) is 0 Å². The molecule has 0 unspecified atom stereocenters. The van der Waals surface area contributed by atoms with Crippen LogP contribution in [0.15, 0.2) is 18.2 Å². The van der Waals surface area contributed by atoms with Crippen molar-refractivity contribution in [1.29, 1.82) is 0 Å². The van der Waals surface area contributed by atoms with Crippen LogP contribution in [0.25, 0.3) is 0 Å². The number of amides is 1. The molecule has 0 bridgehead atoms. The lowest BCUT2D eigenvalue weighted by Crippen LogP contribution is -2.32. The van der Waals surface area contributed by atoms with Gasteiger partial charge in [0, 0.05) is 29.8 Å². The maximum atomic E-state index is 11.4. The predicted octanol–water partition coefficient (Wildman–Crippen LogP) is 2.74. The normalized spacial score (nSPS) is 10.4. The molecule has 0 spiro atoms. The molecular formula is C17H22N2O3. The summed E-state index contributed by atoms with van der Waals surface area (Å²) in [5, 5.41) is 2.63. The van der Waals surface area contributed by atoms with Crippen LogP contribution in [0.4, 0.5) is 10.5 Å². The number of hydrogen-bond donors (Lipinski definition) is 2. The van der Waals surface area contributed by atoms with Crippen molar-refractivity contribution >= 4 is 17.6 Å². The molecule has 5 heteroatoms. The standard InChI is InChI=1S/C17H22N2O3/c1-12(20)14-11-13(8-9-15(14)18)7-5-6-10-19-16(21)22-17(2,3)4/h8-9,11H,6,10,18H2,1-4H3,(H,19,21). The molecule has 5 nitrogen and oxygen atoms in total. The van der Waals surface area contributed by atoms with Gasteiger partial charge in [-0.3, -0.25) is 4.79 Å². The maximum Gasteiger partial charge on any atom is 0.407 e. The van der Waals surface area contributed by atoms with Gasteiger partial charge >= 0.3 is 6.09 Å². The van der Waals surface area contributed by atoms with Gasteiger partial charge in [-0.1, -0.05) is 11.8 Å². The van der Waals surface area contributed by atoms with Crippen molar-refractivity contribution in [2.45, 2.75) is 39.7 Å². The molecule has 0 aliphatic carbocycles. The van der Waals surface area contributed by atoms with Gasteiger partial charge < -0.3 is 15.8 Å². The minimum absolute atomic E-state index is 0.0901. The van der Waals surface area contributed by atoms with Crippen molar-refractivity contribution in [2.75, 3.05) is 12.3 Å². The molecule has 0 fully saturated rings. The summed E-state index contributed by atoms with van der Waals surface area (Å²) in [6.07, 6.45) is 0.0274. The van der Waals surface area contributed by atoms with E-state index in [1.165, 1.54) is 6.92 Å². The number of carbonyl (C=O) groups is 2. The van der Waals surface area contributed by atoms with Crippen molar-refractivity contribution in [1.82, 2.24) is 5.32 Å². The first-order valence-corrected chi connectivity index (χ1v) is 7.05. The van der Waals surface area contributed by atoms with Crippen LogP contribution < -0.4 is 11.1 Å². The van der Waals surface area contributed by atoms with E-state index in [0.29, 0.717) is 24.2 Å². The lowest BCUT2D eigenvalue weighted by atomic mass is 10.1. The zero-order chi connectivity index (χ0) is 16.8. The van der Waals surface area contributed by atoms with Gasteiger partial charge in [0.25, 0.3) is 0 Å². The third kappa shape index (κ3) is 6.31. The molecule has 1 rings (SSSR count). The second-order valence-electron chi connectivity index (χ2n) is 5.84. The molecule has 0 aliphatic rings. The number of nitrogens with one attached hydrogen (secondary N) is 1. The summed E-state index contributed by atoms with van der Waals surface area (Å²) in [6.45, 7) is 7.28. The molecule has 0 aromatic heterocycles. The Morgan fingerprint density at radius 2 is 2.00 bits per heavy atom. The quantitative estimate of drug-likeness (QED) is 0.389. The lowest BCUT2D eigenvalue weighted by Gasteiger charge is -2.19. The van der Waals surface area contributed by atoms with Crippen molar-refractivity contribution in [2.24, 2.45) is 0 Å². The second-order valence-corrected chi connectivity index (χ2v) is 5.84. The molecule has 1 aromatic rings. The van der Waals surface area contributed by atoms with E-state index < -0.39 is 11.7 Å². The maximum absolute atomic E-state index is 11.4. The third-order valence-corrected chi connectivity index (χ3v) is 2.58. The van der Waals surface area contributed by atoms with Crippen molar-refractivity contribution in [3.63, 3.8) is 0 Å². The smallest absolute Gasteiger partial charge is 0.407 e. The summed E-state index contributed by atoms with van der Waals surface area (Å²) in [5.41, 5.74) is 6.85. The summed E-state index contributed by atoms with van der Waals surface area (Å²) >= 11 is 0. The first-order chi connectivity index (χ1) is 10.2. The molecule has 0 atom stereocenters. The summed E-state index contributed by atoms with van der Waals surface area (Å²) in [6, 6.07) is 5.10. The number of nitrogen functional groups attached to an aromatic ring is 1. The minimum atomic E-state index is -0.511. The Bertz CT molecular complexity index is 619. The van der Waals surface area contributed by atoms with Crippen molar-refractivity contribution < 1.29 is 14.3 Å². The second kappa shape index (κ2) is 7.51. The molecule has 0 heterocycles. The Hall–Kier alpha value is -2.48. The summed E-state index contributed by atoms with van der Waals surface area (Å²) in [5.74, 6) is 5.78. The van der Waals surface area contributed by atoms with Gasteiger partial charge in [0.15, 0.2) is 5.78 Å². The summed E-state index contributed by atoms with van der Waals surface area (Å²) in [7, 11) is 0. The van der Waals surface area contributed by atoms with E-state index in [1.54, 1.807) is 39.0 Å². The van der Waals surface area contributed by atoms with Gasteiger partial charge in [-0.15, -0.1) is 0 Å². The number of carbonyl (C=O) groups excluding carboxylic acids is 2. The van der Waals surface area contributed by atoms with Gasteiger partial charge in [0.2, 0.25) is 0 Å². The Labute approximate surface area is 131 Å². The molecule has 22 heavy (non-hydrogen) atoms. The van der Waals surface area contributed by atoms with Crippen LogP contribution in [-0.2, 0) is 4.74 Å². The average Bonchev–Trinajstić information content (AvgIpc) is 2.37. The van der Waals surface area contributed by atoms with E-state index >= 15 is 0 Å². The molecule has 0 saturated carbocycles. The zero-order valence-corrected chi connectivity index (χ0v) is 13.4. The van der Waals surface area contributed by atoms with Crippen LogP contribution in [0.5, 0.6) is 0 Å². The number of nitrogens with two attached hydrogens (primary N) is 1. The Balaban J connectivity index is 2.50. The van der Waals surface area contributed by atoms with Gasteiger partial charge in [0.05, 0.1) is 0 Å². The number of alkyl carbamates (subject to hydrolysis) is 1.